The molecule has 0 bridgehead atoms. The van der Waals surface area contributed by atoms with Crippen molar-refractivity contribution in [3.63, 3.8) is 0 Å². The van der Waals surface area contributed by atoms with E-state index in [9.17, 15) is 9.59 Å². The predicted octanol–water partition coefficient (Wildman–Crippen LogP) is 2.55. The summed E-state index contributed by atoms with van der Waals surface area (Å²) in [6.07, 6.45) is 3.21. The number of nitrogens with zero attached hydrogens (tertiary/aromatic N) is 1. The third-order valence-electron chi connectivity index (χ3n) is 4.10. The summed E-state index contributed by atoms with van der Waals surface area (Å²) >= 11 is 1.51. The van der Waals surface area contributed by atoms with Gasteiger partial charge in [0.2, 0.25) is 0 Å². The molecule has 2 N–H and O–H groups in total. The maximum Gasteiger partial charge on any atom is 0.279 e. The molecule has 0 spiro atoms. The largest absolute Gasteiger partial charge is 0.361 e. The van der Waals surface area contributed by atoms with Crippen molar-refractivity contribution in [2.45, 2.75) is 40.0 Å². The molecule has 0 saturated heterocycles. The zero-order valence-corrected chi connectivity index (χ0v) is 14.2. The van der Waals surface area contributed by atoms with E-state index in [0.29, 0.717) is 27.8 Å². The molecule has 2 heterocycles. The van der Waals surface area contributed by atoms with Crippen LogP contribution in [0, 0.1) is 19.8 Å². The Balaban J connectivity index is 1.65. The third-order valence-corrected chi connectivity index (χ3v) is 5.34. The van der Waals surface area contributed by atoms with Gasteiger partial charge in [-0.25, -0.2) is 0 Å². The second-order valence-corrected chi connectivity index (χ2v) is 7.15. The molecule has 0 saturated carbocycles. The minimum atomic E-state index is -0.426. The molecule has 0 radical (unpaired) electrons. The summed E-state index contributed by atoms with van der Waals surface area (Å²) in [6.45, 7) is 5.57. The first-order valence-electron chi connectivity index (χ1n) is 7.61. The number of fused-ring (bicyclic) bond motifs is 1. The maximum absolute atomic E-state index is 12.2. The fraction of sp³-hybridized carbons (Fsp3) is 0.438. The Hall–Kier alpha value is -2.15. The van der Waals surface area contributed by atoms with Gasteiger partial charge in [0.25, 0.3) is 11.8 Å². The van der Waals surface area contributed by atoms with Gasteiger partial charge < -0.3 is 4.52 Å². The topological polar surface area (TPSA) is 84.2 Å². The number of hydrazine groups is 1. The third kappa shape index (κ3) is 3.14. The molecule has 1 atom stereocenters. The van der Waals surface area contributed by atoms with Gasteiger partial charge in [0.1, 0.15) is 11.3 Å². The van der Waals surface area contributed by atoms with Gasteiger partial charge in [-0.15, -0.1) is 11.3 Å². The number of carbonyl (C=O) groups is 2. The van der Waals surface area contributed by atoms with Crippen LogP contribution in [0.2, 0.25) is 0 Å². The Morgan fingerprint density at radius 1 is 1.30 bits per heavy atom. The van der Waals surface area contributed by atoms with Crippen molar-refractivity contribution in [3.05, 3.63) is 38.4 Å². The van der Waals surface area contributed by atoms with E-state index in [0.717, 1.165) is 19.3 Å². The Bertz CT molecular complexity index is 743. The molecule has 2 aromatic heterocycles. The first kappa shape index (κ1) is 15.7. The molecule has 6 nitrogen and oxygen atoms in total. The van der Waals surface area contributed by atoms with Crippen molar-refractivity contribution in [3.8, 4) is 0 Å². The zero-order chi connectivity index (χ0) is 16.6. The molecule has 1 aliphatic rings. The van der Waals surface area contributed by atoms with Crippen LogP contribution in [-0.2, 0) is 12.8 Å². The van der Waals surface area contributed by atoms with Crippen molar-refractivity contribution in [2.24, 2.45) is 5.92 Å². The van der Waals surface area contributed by atoms with Crippen LogP contribution in [0.4, 0.5) is 0 Å². The van der Waals surface area contributed by atoms with E-state index < -0.39 is 5.91 Å². The molecule has 0 fully saturated rings. The normalized spacial score (nSPS) is 16.7. The lowest BCUT2D eigenvalue weighted by Gasteiger charge is -2.16. The van der Waals surface area contributed by atoms with Crippen molar-refractivity contribution in [1.82, 2.24) is 16.0 Å². The van der Waals surface area contributed by atoms with E-state index in [2.05, 4.69) is 22.9 Å². The van der Waals surface area contributed by atoms with Crippen LogP contribution in [0.15, 0.2) is 10.6 Å². The number of aromatic nitrogens is 1. The summed E-state index contributed by atoms with van der Waals surface area (Å²) < 4.78 is 4.95. The number of hydrogen-bond donors (Lipinski definition) is 2. The highest BCUT2D eigenvalue weighted by Crippen LogP contribution is 2.32. The van der Waals surface area contributed by atoms with Crippen LogP contribution in [0.25, 0.3) is 0 Å². The monoisotopic (exact) mass is 333 g/mol. The van der Waals surface area contributed by atoms with Crippen molar-refractivity contribution < 1.29 is 14.1 Å². The van der Waals surface area contributed by atoms with E-state index in [1.807, 2.05) is 6.07 Å². The molecule has 122 valence electrons. The van der Waals surface area contributed by atoms with E-state index in [1.54, 1.807) is 13.8 Å². The van der Waals surface area contributed by atoms with E-state index in [1.165, 1.54) is 21.8 Å². The molecule has 7 heteroatoms. The summed E-state index contributed by atoms with van der Waals surface area (Å²) in [4.78, 5) is 26.2. The number of thiophene rings is 1. The maximum atomic E-state index is 12.2. The standard InChI is InChI=1S/C16H19N3O3S/c1-8-4-5-12-11(6-8)7-13(23-12)15(20)17-18-16(21)14-9(2)19-22-10(14)3/h7-8H,4-6H2,1-3H3,(H,17,20)(H,18,21)/t8-/m0/s1. The van der Waals surface area contributed by atoms with Gasteiger partial charge in [-0.05, 0) is 50.7 Å². The summed E-state index contributed by atoms with van der Waals surface area (Å²) in [5, 5.41) is 3.73. The zero-order valence-electron chi connectivity index (χ0n) is 13.4. The van der Waals surface area contributed by atoms with E-state index >= 15 is 0 Å². The molecule has 1 aliphatic carbocycles. The van der Waals surface area contributed by atoms with Gasteiger partial charge in [-0.3, -0.25) is 20.4 Å². The Morgan fingerprint density at radius 3 is 2.74 bits per heavy atom. The molecule has 0 unspecified atom stereocenters. The summed E-state index contributed by atoms with van der Waals surface area (Å²) in [5.74, 6) is 0.365. The van der Waals surface area contributed by atoms with Crippen LogP contribution < -0.4 is 10.9 Å². The number of aryl methyl sites for hydroxylation is 3. The van der Waals surface area contributed by atoms with Gasteiger partial charge >= 0.3 is 0 Å². The van der Waals surface area contributed by atoms with Gasteiger partial charge in [0.05, 0.1) is 10.6 Å². The van der Waals surface area contributed by atoms with Gasteiger partial charge in [0.15, 0.2) is 0 Å². The SMILES string of the molecule is Cc1noc(C)c1C(=O)NNC(=O)c1cc2c(s1)CC[C@H](C)C2. The number of nitrogens with one attached hydrogen (secondary N) is 2. The number of hydrogen-bond acceptors (Lipinski definition) is 5. The number of rotatable bonds is 2. The van der Waals surface area contributed by atoms with Crippen LogP contribution >= 0.6 is 11.3 Å². The highest BCUT2D eigenvalue weighted by molar-refractivity contribution is 7.14. The van der Waals surface area contributed by atoms with Crippen LogP contribution in [0.5, 0.6) is 0 Å². The highest BCUT2D eigenvalue weighted by Gasteiger charge is 2.22. The first-order chi connectivity index (χ1) is 11.0. The summed E-state index contributed by atoms with van der Waals surface area (Å²) in [7, 11) is 0. The predicted molar refractivity (Wildman–Crippen MR) is 86.4 cm³/mol. The van der Waals surface area contributed by atoms with E-state index in [-0.39, 0.29) is 5.91 Å². The van der Waals surface area contributed by atoms with Crippen molar-refractivity contribution in [1.29, 1.82) is 0 Å². The molecule has 23 heavy (non-hydrogen) atoms. The average Bonchev–Trinajstić information content (AvgIpc) is 3.07. The highest BCUT2D eigenvalue weighted by atomic mass is 32.1. The fourth-order valence-electron chi connectivity index (χ4n) is 2.86. The van der Waals surface area contributed by atoms with Crippen LogP contribution in [0.1, 0.15) is 55.3 Å². The van der Waals surface area contributed by atoms with Gasteiger partial charge in [-0.2, -0.15) is 0 Å². The Morgan fingerprint density at radius 2 is 2.04 bits per heavy atom. The molecule has 0 aliphatic heterocycles. The molecule has 2 aromatic rings. The van der Waals surface area contributed by atoms with Gasteiger partial charge in [0, 0.05) is 4.88 Å². The molecule has 2 amide bonds. The van der Waals surface area contributed by atoms with Crippen molar-refractivity contribution in [2.75, 3.05) is 0 Å². The minimum absolute atomic E-state index is 0.294. The summed E-state index contributed by atoms with van der Waals surface area (Å²) in [6, 6.07) is 1.94. The first-order valence-corrected chi connectivity index (χ1v) is 8.42. The van der Waals surface area contributed by atoms with Crippen LogP contribution in [-0.4, -0.2) is 17.0 Å². The molecular weight excluding hydrogens is 314 g/mol. The number of amides is 2. The second kappa shape index (κ2) is 6.16. The van der Waals surface area contributed by atoms with Crippen molar-refractivity contribution >= 4 is 23.2 Å². The fourth-order valence-corrected chi connectivity index (χ4v) is 3.97. The molecule has 0 aromatic carbocycles. The van der Waals surface area contributed by atoms with Crippen LogP contribution in [0.3, 0.4) is 0 Å². The lowest BCUT2D eigenvalue weighted by atomic mass is 9.90. The Kier molecular flexibility index (Phi) is 4.21. The molecule has 3 rings (SSSR count). The summed E-state index contributed by atoms with van der Waals surface area (Å²) in [5.41, 5.74) is 6.99. The molecular formula is C16H19N3O3S. The smallest absolute Gasteiger partial charge is 0.279 e. The minimum Gasteiger partial charge on any atom is -0.361 e. The van der Waals surface area contributed by atoms with Gasteiger partial charge in [-0.1, -0.05) is 12.1 Å². The average molecular weight is 333 g/mol. The van der Waals surface area contributed by atoms with E-state index in [4.69, 9.17) is 4.52 Å². The number of carbonyl (C=O) groups excluding carboxylic acids is 2. The Labute approximate surface area is 138 Å². The quantitative estimate of drug-likeness (QED) is 0.827. The second-order valence-electron chi connectivity index (χ2n) is 6.01. The lowest BCUT2D eigenvalue weighted by Crippen LogP contribution is -2.41. The lowest BCUT2D eigenvalue weighted by molar-refractivity contribution is 0.0847.